The van der Waals surface area contributed by atoms with E-state index in [0.29, 0.717) is 36.3 Å². The van der Waals surface area contributed by atoms with Crippen molar-refractivity contribution in [3.05, 3.63) is 101 Å². The van der Waals surface area contributed by atoms with E-state index < -0.39 is 12.0 Å². The number of carbonyl (C=O) groups is 3. The third kappa shape index (κ3) is 11.9. The highest BCUT2D eigenvalue weighted by Crippen LogP contribution is 2.13. The van der Waals surface area contributed by atoms with Crippen molar-refractivity contribution >= 4 is 23.4 Å². The molecule has 3 rings (SSSR count). The Bertz CT molecular complexity index is 1230. The highest BCUT2D eigenvalue weighted by atomic mass is 19.1. The largest absolute Gasteiger partial charge is 0.350 e. The monoisotopic (exact) mass is 562 g/mol. The van der Waals surface area contributed by atoms with E-state index in [9.17, 15) is 18.8 Å². The van der Waals surface area contributed by atoms with E-state index in [-0.39, 0.29) is 30.1 Å². The van der Waals surface area contributed by atoms with Gasteiger partial charge in [0.05, 0.1) is 0 Å². The molecule has 0 radical (unpaired) electrons. The summed E-state index contributed by atoms with van der Waals surface area (Å²) < 4.78 is 13.0. The van der Waals surface area contributed by atoms with E-state index in [1.807, 2.05) is 32.0 Å². The summed E-state index contributed by atoms with van der Waals surface area (Å²) in [7, 11) is 0. The standard InChI is InChI=1S/C26H35FN4O3.C7H8/c1-4-13-31(14-5-2)26(34)20-8-6-7-19(16-20)25(33)29-17-22(28)15-18(3)24(32)30-23-11-9-21(27)10-12-23;1-7-5-3-2-4-6-7/h6-12,16,18,22H,4-5,13-15,17,28H2,1-3H3,(H,29,33)(H,30,32);2-6H,1H3. The van der Waals surface area contributed by atoms with Crippen LogP contribution >= 0.6 is 0 Å². The van der Waals surface area contributed by atoms with Crippen molar-refractivity contribution in [3.63, 3.8) is 0 Å². The van der Waals surface area contributed by atoms with E-state index >= 15 is 0 Å². The van der Waals surface area contributed by atoms with E-state index in [4.69, 9.17) is 5.73 Å². The van der Waals surface area contributed by atoms with Crippen molar-refractivity contribution in [2.45, 2.75) is 53.0 Å². The highest BCUT2D eigenvalue weighted by Gasteiger charge is 2.19. The van der Waals surface area contributed by atoms with Crippen LogP contribution in [-0.2, 0) is 4.79 Å². The highest BCUT2D eigenvalue weighted by molar-refractivity contribution is 5.99. The van der Waals surface area contributed by atoms with Crippen LogP contribution in [0.3, 0.4) is 0 Å². The number of hydrogen-bond acceptors (Lipinski definition) is 4. The number of anilines is 1. The van der Waals surface area contributed by atoms with Crippen LogP contribution in [0.25, 0.3) is 0 Å². The molecule has 0 saturated carbocycles. The second-order valence-electron chi connectivity index (χ2n) is 10.1. The first-order valence-corrected chi connectivity index (χ1v) is 14.2. The first-order chi connectivity index (χ1) is 19.6. The SMILES string of the molecule is CCCN(CCC)C(=O)c1cccc(C(=O)NCC(N)CC(C)C(=O)Nc2ccc(F)cc2)c1.Cc1ccccc1. The number of hydrogen-bond donors (Lipinski definition) is 3. The molecular weight excluding hydrogens is 519 g/mol. The number of aryl methyl sites for hydroxylation is 1. The lowest BCUT2D eigenvalue weighted by Gasteiger charge is -2.21. The molecule has 3 amide bonds. The summed E-state index contributed by atoms with van der Waals surface area (Å²) in [5.41, 5.74) is 8.82. The van der Waals surface area contributed by atoms with Gasteiger partial charge in [-0.05, 0) is 68.7 Å². The third-order valence-corrected chi connectivity index (χ3v) is 6.33. The molecule has 8 heteroatoms. The minimum absolute atomic E-state index is 0.0870. The Morgan fingerprint density at radius 1 is 0.878 bits per heavy atom. The van der Waals surface area contributed by atoms with Gasteiger partial charge in [-0.1, -0.05) is 62.7 Å². The zero-order valence-corrected chi connectivity index (χ0v) is 24.5. The van der Waals surface area contributed by atoms with Gasteiger partial charge in [-0.3, -0.25) is 14.4 Å². The number of benzene rings is 3. The molecule has 220 valence electrons. The second-order valence-corrected chi connectivity index (χ2v) is 10.1. The normalized spacial score (nSPS) is 11.9. The predicted molar refractivity (Wildman–Crippen MR) is 163 cm³/mol. The maximum absolute atomic E-state index is 13.0. The summed E-state index contributed by atoms with van der Waals surface area (Å²) in [5, 5.41) is 5.51. The summed E-state index contributed by atoms with van der Waals surface area (Å²) in [6.07, 6.45) is 2.09. The molecule has 0 aliphatic rings. The van der Waals surface area contributed by atoms with E-state index in [1.54, 1.807) is 36.1 Å². The van der Waals surface area contributed by atoms with E-state index in [1.165, 1.54) is 29.8 Å². The third-order valence-electron chi connectivity index (χ3n) is 6.33. The zero-order valence-electron chi connectivity index (χ0n) is 24.5. The van der Waals surface area contributed by atoms with Gasteiger partial charge in [0.25, 0.3) is 11.8 Å². The lowest BCUT2D eigenvalue weighted by molar-refractivity contribution is -0.119. The molecule has 0 aliphatic carbocycles. The molecule has 4 N–H and O–H groups in total. The van der Waals surface area contributed by atoms with Gasteiger partial charge in [-0.25, -0.2) is 4.39 Å². The first kappa shape index (κ1) is 33.2. The summed E-state index contributed by atoms with van der Waals surface area (Å²) in [6.45, 7) is 9.40. The van der Waals surface area contributed by atoms with Crippen LogP contribution in [0.15, 0.2) is 78.9 Å². The number of amides is 3. The second kappa shape index (κ2) is 17.6. The Morgan fingerprint density at radius 3 is 2.05 bits per heavy atom. The molecule has 0 heterocycles. The summed E-state index contributed by atoms with van der Waals surface area (Å²) in [6, 6.07) is 22.0. The fraction of sp³-hybridized carbons (Fsp3) is 0.364. The predicted octanol–water partition coefficient (Wildman–Crippen LogP) is 5.80. The van der Waals surface area contributed by atoms with Crippen molar-refractivity contribution in [2.75, 3.05) is 25.0 Å². The average molecular weight is 563 g/mol. The number of carbonyl (C=O) groups excluding carboxylic acids is 3. The molecule has 2 unspecified atom stereocenters. The molecule has 2 atom stereocenters. The lowest BCUT2D eigenvalue weighted by Crippen LogP contribution is -2.39. The van der Waals surface area contributed by atoms with Gasteiger partial charge in [0.15, 0.2) is 0 Å². The quantitative estimate of drug-likeness (QED) is 0.259. The maximum Gasteiger partial charge on any atom is 0.253 e. The summed E-state index contributed by atoms with van der Waals surface area (Å²) >= 11 is 0. The number of rotatable bonds is 12. The molecule has 7 nitrogen and oxygen atoms in total. The van der Waals surface area contributed by atoms with Crippen molar-refractivity contribution in [1.82, 2.24) is 10.2 Å². The fourth-order valence-corrected chi connectivity index (χ4v) is 4.13. The van der Waals surface area contributed by atoms with Crippen molar-refractivity contribution in [2.24, 2.45) is 11.7 Å². The van der Waals surface area contributed by atoms with Crippen LogP contribution in [0.5, 0.6) is 0 Å². The van der Waals surface area contributed by atoms with Gasteiger partial charge in [-0.2, -0.15) is 0 Å². The number of halogens is 1. The first-order valence-electron chi connectivity index (χ1n) is 14.2. The number of nitrogens with zero attached hydrogens (tertiary/aromatic N) is 1. The fourth-order valence-electron chi connectivity index (χ4n) is 4.13. The maximum atomic E-state index is 13.0. The Labute approximate surface area is 243 Å². The Kier molecular flexibility index (Phi) is 14.2. The molecular formula is C33H43FN4O3. The van der Waals surface area contributed by atoms with Gasteiger partial charge in [0.2, 0.25) is 5.91 Å². The smallest absolute Gasteiger partial charge is 0.253 e. The molecule has 0 saturated heterocycles. The molecule has 3 aromatic carbocycles. The molecule has 41 heavy (non-hydrogen) atoms. The van der Waals surface area contributed by atoms with Crippen LogP contribution in [0.4, 0.5) is 10.1 Å². The van der Waals surface area contributed by atoms with Crippen LogP contribution in [0.2, 0.25) is 0 Å². The summed E-state index contributed by atoms with van der Waals surface area (Å²) in [4.78, 5) is 39.6. The van der Waals surface area contributed by atoms with E-state index in [0.717, 1.165) is 12.8 Å². The van der Waals surface area contributed by atoms with Gasteiger partial charge < -0.3 is 21.3 Å². The van der Waals surface area contributed by atoms with Gasteiger partial charge >= 0.3 is 0 Å². The van der Waals surface area contributed by atoms with Crippen LogP contribution in [-0.4, -0.2) is 48.3 Å². The van der Waals surface area contributed by atoms with Crippen molar-refractivity contribution in [1.29, 1.82) is 0 Å². The minimum Gasteiger partial charge on any atom is -0.350 e. The Balaban J connectivity index is 0.000000729. The van der Waals surface area contributed by atoms with Crippen LogP contribution < -0.4 is 16.4 Å². The molecule has 3 aromatic rings. The lowest BCUT2D eigenvalue weighted by atomic mass is 10.0. The number of nitrogens with two attached hydrogens (primary N) is 1. The molecule has 0 aromatic heterocycles. The van der Waals surface area contributed by atoms with Crippen LogP contribution in [0, 0.1) is 18.7 Å². The topological polar surface area (TPSA) is 105 Å². The zero-order chi connectivity index (χ0) is 30.2. The summed E-state index contributed by atoms with van der Waals surface area (Å²) in [5.74, 6) is -1.43. The molecule has 0 fully saturated rings. The van der Waals surface area contributed by atoms with Gasteiger partial charge in [0.1, 0.15) is 5.82 Å². The van der Waals surface area contributed by atoms with Crippen molar-refractivity contribution < 1.29 is 18.8 Å². The molecule has 0 bridgehead atoms. The van der Waals surface area contributed by atoms with Gasteiger partial charge in [-0.15, -0.1) is 0 Å². The van der Waals surface area contributed by atoms with E-state index in [2.05, 4.69) is 29.7 Å². The van der Waals surface area contributed by atoms with Crippen molar-refractivity contribution in [3.8, 4) is 0 Å². The Morgan fingerprint density at radius 2 is 1.49 bits per heavy atom. The minimum atomic E-state index is -0.438. The Hall–Kier alpha value is -4.04. The molecule has 0 spiro atoms. The van der Waals surface area contributed by atoms with Gasteiger partial charge in [0, 0.05) is 48.4 Å². The molecule has 0 aliphatic heterocycles. The average Bonchev–Trinajstić information content (AvgIpc) is 2.97. The number of nitrogens with one attached hydrogen (secondary N) is 2. The van der Waals surface area contributed by atoms with Crippen LogP contribution in [0.1, 0.15) is 66.3 Å².